The molecule has 1 aromatic carbocycles. The quantitative estimate of drug-likeness (QED) is 0.358. The predicted molar refractivity (Wildman–Crippen MR) is 144 cm³/mol. The van der Waals surface area contributed by atoms with Crippen LogP contribution in [0.5, 0.6) is 11.6 Å². The molecule has 3 N–H and O–H groups in total. The number of cyclic esters (lactones) is 1. The van der Waals surface area contributed by atoms with E-state index >= 15 is 0 Å². The van der Waals surface area contributed by atoms with E-state index in [0.717, 1.165) is 36.3 Å². The fraction of sp³-hybridized carbons (Fsp3) is 0.357. The van der Waals surface area contributed by atoms with Crippen molar-refractivity contribution in [1.82, 2.24) is 20.6 Å². The Kier molecular flexibility index (Phi) is 7.24. The second kappa shape index (κ2) is 11.3. The molecule has 0 unspecified atom stereocenters. The lowest BCUT2D eigenvalue weighted by Gasteiger charge is -2.19. The van der Waals surface area contributed by atoms with Gasteiger partial charge < -0.3 is 30.2 Å². The van der Waals surface area contributed by atoms with Crippen LogP contribution < -0.4 is 30.3 Å². The van der Waals surface area contributed by atoms with Gasteiger partial charge in [-0.15, -0.1) is 0 Å². The smallest absolute Gasteiger partial charge is 0.415 e. The van der Waals surface area contributed by atoms with Crippen LogP contribution in [0, 0.1) is 0 Å². The number of carbonyl (C=O) groups is 2. The van der Waals surface area contributed by atoms with Gasteiger partial charge in [-0.1, -0.05) is 24.3 Å². The van der Waals surface area contributed by atoms with Gasteiger partial charge in [-0.05, 0) is 55.8 Å². The minimum atomic E-state index is -0.453. The minimum Gasteiger partial charge on any atom is -0.480 e. The zero-order valence-electron chi connectivity index (χ0n) is 21.4. The van der Waals surface area contributed by atoms with Crippen molar-refractivity contribution in [3.63, 3.8) is 0 Å². The second-order valence-electron chi connectivity index (χ2n) is 9.73. The second-order valence-corrected chi connectivity index (χ2v) is 9.73. The molecule has 2 aromatic heterocycles. The predicted octanol–water partition coefficient (Wildman–Crippen LogP) is 2.72. The normalized spacial score (nSPS) is 20.3. The highest BCUT2D eigenvalue weighted by molar-refractivity contribution is 5.95. The van der Waals surface area contributed by atoms with Crippen molar-refractivity contribution in [2.45, 2.75) is 31.6 Å². The third-order valence-corrected chi connectivity index (χ3v) is 6.83. The molecular formula is C28H30N6O5. The Morgan fingerprint density at radius 2 is 2.03 bits per heavy atom. The van der Waals surface area contributed by atoms with Gasteiger partial charge in [-0.3, -0.25) is 9.69 Å². The fourth-order valence-corrected chi connectivity index (χ4v) is 4.84. The maximum Gasteiger partial charge on any atom is 0.415 e. The molecule has 0 aliphatic carbocycles. The number of nitrogens with one attached hydrogen (secondary N) is 3. The first-order valence-electron chi connectivity index (χ1n) is 13.2. The highest BCUT2D eigenvalue weighted by atomic mass is 16.6. The summed E-state index contributed by atoms with van der Waals surface area (Å²) < 4.78 is 16.9. The van der Waals surface area contributed by atoms with Crippen molar-refractivity contribution in [1.29, 1.82) is 0 Å². The lowest BCUT2D eigenvalue weighted by molar-refractivity contribution is -0.118. The molecule has 2 fully saturated rings. The summed E-state index contributed by atoms with van der Waals surface area (Å²) >= 11 is 0. The van der Waals surface area contributed by atoms with Gasteiger partial charge >= 0.3 is 6.09 Å². The van der Waals surface area contributed by atoms with Crippen molar-refractivity contribution in [3.05, 3.63) is 60.2 Å². The maximum atomic E-state index is 12.5. The zero-order valence-corrected chi connectivity index (χ0v) is 21.4. The highest BCUT2D eigenvalue weighted by Crippen LogP contribution is 2.30. The Balaban J connectivity index is 1.000. The number of hydrogen-bond donors (Lipinski definition) is 3. The molecule has 11 nitrogen and oxygen atoms in total. The minimum absolute atomic E-state index is 0.0450. The molecule has 3 aliphatic rings. The summed E-state index contributed by atoms with van der Waals surface area (Å²) in [6, 6.07) is 17.5. The summed E-state index contributed by atoms with van der Waals surface area (Å²) in [5.74, 6) is 1.58. The van der Waals surface area contributed by atoms with E-state index in [1.54, 1.807) is 12.1 Å². The number of rotatable bonds is 9. The van der Waals surface area contributed by atoms with Crippen molar-refractivity contribution in [3.8, 4) is 22.9 Å². The van der Waals surface area contributed by atoms with Gasteiger partial charge in [0.15, 0.2) is 18.2 Å². The maximum absolute atomic E-state index is 12.5. The van der Waals surface area contributed by atoms with Crippen molar-refractivity contribution in [2.24, 2.45) is 0 Å². The zero-order chi connectivity index (χ0) is 26.6. The van der Waals surface area contributed by atoms with Gasteiger partial charge in [-0.25, -0.2) is 14.8 Å². The van der Waals surface area contributed by atoms with Crippen LogP contribution in [0.2, 0.25) is 0 Å². The van der Waals surface area contributed by atoms with Crippen LogP contribution in [0.25, 0.3) is 11.3 Å². The Morgan fingerprint density at radius 1 is 1.10 bits per heavy atom. The summed E-state index contributed by atoms with van der Waals surface area (Å²) in [5.41, 5.74) is 3.04. The average molecular weight is 531 g/mol. The number of carbonyl (C=O) groups excluding carboxylic acids is 2. The van der Waals surface area contributed by atoms with Crippen LogP contribution in [-0.2, 0) is 16.1 Å². The van der Waals surface area contributed by atoms with E-state index in [1.165, 1.54) is 4.90 Å². The first kappa shape index (κ1) is 25.1. The van der Waals surface area contributed by atoms with E-state index in [2.05, 4.69) is 33.1 Å². The molecule has 2 amide bonds. The number of nitrogens with zero attached hydrogens (tertiary/aromatic N) is 3. The molecule has 202 valence electrons. The standard InChI is InChI=1S/C28H30N6O5/c35-25-17-37-23-7-8-24(32-27(23)33-25)34-16-21(39-28(34)36)10-12-29-14-18-3-1-4-19(13-18)22-5-2-6-26(31-22)38-20-9-11-30-15-20/h1-8,13,20-21,29-30H,9-12,14-17H2,(H,32,33,35)/t20-,21-/m0/s1. The molecule has 11 heteroatoms. The molecule has 0 spiro atoms. The number of pyridine rings is 2. The highest BCUT2D eigenvalue weighted by Gasteiger charge is 2.33. The van der Waals surface area contributed by atoms with Crippen LogP contribution in [0.4, 0.5) is 16.4 Å². The SMILES string of the molecule is O=C1COc2ccc(N3C[C@H](CCNCc4cccc(-c5cccc(O[C@H]6CCNC6)n5)c4)OC3=O)nc2N1. The topological polar surface area (TPSA) is 127 Å². The van der Waals surface area contributed by atoms with E-state index in [-0.39, 0.29) is 24.7 Å². The molecule has 0 bridgehead atoms. The third kappa shape index (κ3) is 5.94. The van der Waals surface area contributed by atoms with Crippen LogP contribution >= 0.6 is 0 Å². The number of anilines is 2. The Morgan fingerprint density at radius 3 is 2.92 bits per heavy atom. The van der Waals surface area contributed by atoms with E-state index in [9.17, 15) is 9.59 Å². The summed E-state index contributed by atoms with van der Waals surface area (Å²) in [6.07, 6.45) is 1.10. The number of aromatic nitrogens is 2. The molecule has 3 aliphatic heterocycles. The Hall–Kier alpha value is -4.22. The van der Waals surface area contributed by atoms with E-state index in [0.29, 0.717) is 49.3 Å². The summed E-state index contributed by atoms with van der Waals surface area (Å²) in [4.78, 5) is 34.6. The van der Waals surface area contributed by atoms with Crippen molar-refractivity contribution in [2.75, 3.05) is 43.0 Å². The van der Waals surface area contributed by atoms with Crippen molar-refractivity contribution >= 4 is 23.6 Å². The number of fused-ring (bicyclic) bond motifs is 1. The van der Waals surface area contributed by atoms with E-state index < -0.39 is 6.09 Å². The van der Waals surface area contributed by atoms with Gasteiger partial charge in [0.2, 0.25) is 5.88 Å². The van der Waals surface area contributed by atoms with Crippen LogP contribution in [-0.4, -0.2) is 67.0 Å². The molecule has 5 heterocycles. The third-order valence-electron chi connectivity index (χ3n) is 6.83. The number of ether oxygens (including phenoxy) is 3. The molecule has 2 saturated heterocycles. The van der Waals surface area contributed by atoms with Gasteiger partial charge in [0.05, 0.1) is 12.2 Å². The first-order valence-corrected chi connectivity index (χ1v) is 13.2. The lowest BCUT2D eigenvalue weighted by atomic mass is 10.1. The van der Waals surface area contributed by atoms with Gasteiger partial charge in [0, 0.05) is 24.7 Å². The van der Waals surface area contributed by atoms with Gasteiger partial charge in [0.25, 0.3) is 5.91 Å². The number of amides is 2. The van der Waals surface area contributed by atoms with Crippen LogP contribution in [0.15, 0.2) is 54.6 Å². The Bertz CT molecular complexity index is 1360. The molecule has 2 atom stereocenters. The first-order chi connectivity index (χ1) is 19.1. The summed E-state index contributed by atoms with van der Waals surface area (Å²) in [6.45, 7) is 3.52. The molecule has 39 heavy (non-hydrogen) atoms. The largest absolute Gasteiger partial charge is 0.480 e. The number of hydrogen-bond acceptors (Lipinski definition) is 9. The van der Waals surface area contributed by atoms with Gasteiger partial charge in [0.1, 0.15) is 18.0 Å². The lowest BCUT2D eigenvalue weighted by Crippen LogP contribution is -2.29. The van der Waals surface area contributed by atoms with Crippen LogP contribution in [0.3, 0.4) is 0 Å². The summed E-state index contributed by atoms with van der Waals surface area (Å²) in [7, 11) is 0. The molecule has 6 rings (SSSR count). The van der Waals surface area contributed by atoms with E-state index in [4.69, 9.17) is 19.2 Å². The van der Waals surface area contributed by atoms with E-state index in [1.807, 2.05) is 30.3 Å². The fourth-order valence-electron chi connectivity index (χ4n) is 4.84. The van der Waals surface area contributed by atoms with Crippen LogP contribution in [0.1, 0.15) is 18.4 Å². The molecular weight excluding hydrogens is 500 g/mol. The molecule has 3 aromatic rings. The monoisotopic (exact) mass is 530 g/mol. The molecule has 0 saturated carbocycles. The molecule has 0 radical (unpaired) electrons. The summed E-state index contributed by atoms with van der Waals surface area (Å²) in [5, 5.41) is 9.41. The Labute approximate surface area is 225 Å². The van der Waals surface area contributed by atoms with Gasteiger partial charge in [-0.2, -0.15) is 0 Å². The number of benzene rings is 1. The average Bonchev–Trinajstić information content (AvgIpc) is 3.60. The van der Waals surface area contributed by atoms with Crippen molar-refractivity contribution < 1.29 is 23.8 Å².